The van der Waals surface area contributed by atoms with Crippen LogP contribution in [0, 0.1) is 0 Å². The van der Waals surface area contributed by atoms with Crippen LogP contribution in [0.15, 0.2) is 6.33 Å². The van der Waals surface area contributed by atoms with E-state index in [2.05, 4.69) is 10.1 Å². The van der Waals surface area contributed by atoms with Gasteiger partial charge in [-0.2, -0.15) is 5.10 Å². The normalized spacial score (nSPS) is 10.8. The van der Waals surface area contributed by atoms with E-state index in [0.717, 1.165) is 12.4 Å². The third-order valence-electron chi connectivity index (χ3n) is 2.28. The molecule has 1 rings (SSSR count). The van der Waals surface area contributed by atoms with Crippen LogP contribution in [-0.4, -0.2) is 45.3 Å². The predicted octanol–water partition coefficient (Wildman–Crippen LogP) is 0.200. The Morgan fingerprint density at radius 2 is 2.31 bits per heavy atom. The molecule has 0 aliphatic carbocycles. The Hall–Kier alpha value is -1.43. The zero-order valence-corrected chi connectivity index (χ0v) is 10.0. The summed E-state index contributed by atoms with van der Waals surface area (Å²) in [5.41, 5.74) is 0. The first-order chi connectivity index (χ1) is 7.67. The average molecular weight is 226 g/mol. The summed E-state index contributed by atoms with van der Waals surface area (Å²) in [6.45, 7) is 5.88. The average Bonchev–Trinajstić information content (AvgIpc) is 2.64. The third kappa shape index (κ3) is 3.62. The van der Waals surface area contributed by atoms with Crippen LogP contribution in [0.3, 0.4) is 0 Å². The van der Waals surface area contributed by atoms with Crippen LogP contribution in [0.2, 0.25) is 0 Å². The van der Waals surface area contributed by atoms with Crippen molar-refractivity contribution in [2.24, 2.45) is 7.05 Å². The van der Waals surface area contributed by atoms with Crippen molar-refractivity contribution < 1.29 is 9.53 Å². The van der Waals surface area contributed by atoms with E-state index in [0.29, 0.717) is 13.2 Å². The Balaban J connectivity index is 2.49. The Morgan fingerprint density at radius 3 is 2.81 bits per heavy atom. The standard InChI is InChI=1S/C10H18N4O2/c1-4-14(7-10(15)16-5-2)6-9-11-8-12-13(9)3/h8H,4-7H2,1-3H3. The fourth-order valence-electron chi connectivity index (χ4n) is 1.33. The molecule has 0 aliphatic heterocycles. The maximum atomic E-state index is 11.3. The molecule has 0 unspecified atom stereocenters. The Morgan fingerprint density at radius 1 is 1.56 bits per heavy atom. The van der Waals surface area contributed by atoms with E-state index in [-0.39, 0.29) is 12.5 Å². The van der Waals surface area contributed by atoms with Gasteiger partial charge in [0.05, 0.1) is 19.7 Å². The lowest BCUT2D eigenvalue weighted by atomic mass is 10.4. The quantitative estimate of drug-likeness (QED) is 0.648. The second kappa shape index (κ2) is 6.22. The van der Waals surface area contributed by atoms with Crippen LogP contribution in [0.25, 0.3) is 0 Å². The van der Waals surface area contributed by atoms with Crippen molar-refractivity contribution in [2.75, 3.05) is 19.7 Å². The fraction of sp³-hybridized carbons (Fsp3) is 0.700. The molecule has 0 aliphatic rings. The van der Waals surface area contributed by atoms with Crippen LogP contribution >= 0.6 is 0 Å². The molecule has 0 aromatic carbocycles. The van der Waals surface area contributed by atoms with Gasteiger partial charge >= 0.3 is 5.97 Å². The number of ether oxygens (including phenoxy) is 1. The van der Waals surface area contributed by atoms with Gasteiger partial charge in [-0.1, -0.05) is 6.92 Å². The second-order valence-electron chi connectivity index (χ2n) is 3.41. The number of rotatable bonds is 6. The highest BCUT2D eigenvalue weighted by molar-refractivity contribution is 5.71. The minimum atomic E-state index is -0.202. The molecule has 0 amide bonds. The van der Waals surface area contributed by atoms with Crippen molar-refractivity contribution in [2.45, 2.75) is 20.4 Å². The predicted molar refractivity (Wildman–Crippen MR) is 58.6 cm³/mol. The van der Waals surface area contributed by atoms with Gasteiger partial charge in [-0.25, -0.2) is 4.98 Å². The van der Waals surface area contributed by atoms with Gasteiger partial charge < -0.3 is 4.74 Å². The van der Waals surface area contributed by atoms with Crippen molar-refractivity contribution in [1.29, 1.82) is 0 Å². The first-order valence-electron chi connectivity index (χ1n) is 5.38. The van der Waals surface area contributed by atoms with Gasteiger partial charge in [0.25, 0.3) is 0 Å². The smallest absolute Gasteiger partial charge is 0.320 e. The lowest BCUT2D eigenvalue weighted by Crippen LogP contribution is -2.31. The van der Waals surface area contributed by atoms with Gasteiger partial charge in [0.15, 0.2) is 0 Å². The second-order valence-corrected chi connectivity index (χ2v) is 3.41. The number of aromatic nitrogens is 3. The lowest BCUT2D eigenvalue weighted by molar-refractivity contribution is -0.144. The van der Waals surface area contributed by atoms with E-state index in [1.807, 2.05) is 18.9 Å². The SMILES string of the molecule is CCOC(=O)CN(CC)Cc1ncnn1C. The molecule has 0 saturated carbocycles. The van der Waals surface area contributed by atoms with Crippen LogP contribution < -0.4 is 0 Å². The summed E-state index contributed by atoms with van der Waals surface area (Å²) in [6, 6.07) is 0. The number of carbonyl (C=O) groups is 1. The molecule has 16 heavy (non-hydrogen) atoms. The highest BCUT2D eigenvalue weighted by atomic mass is 16.5. The number of nitrogens with zero attached hydrogens (tertiary/aromatic N) is 4. The van der Waals surface area contributed by atoms with Gasteiger partial charge in [-0.15, -0.1) is 0 Å². The maximum absolute atomic E-state index is 11.3. The van der Waals surface area contributed by atoms with Crippen LogP contribution in [0.4, 0.5) is 0 Å². The largest absolute Gasteiger partial charge is 0.465 e. The first kappa shape index (κ1) is 12.6. The molecule has 0 spiro atoms. The van der Waals surface area contributed by atoms with Gasteiger partial charge in [0, 0.05) is 7.05 Å². The Kier molecular flexibility index (Phi) is 4.91. The zero-order valence-electron chi connectivity index (χ0n) is 10.0. The van der Waals surface area contributed by atoms with Crippen molar-refractivity contribution in [1.82, 2.24) is 19.7 Å². The monoisotopic (exact) mass is 226 g/mol. The lowest BCUT2D eigenvalue weighted by Gasteiger charge is -2.18. The van der Waals surface area contributed by atoms with Crippen molar-refractivity contribution in [3.63, 3.8) is 0 Å². The van der Waals surface area contributed by atoms with Crippen LogP contribution in [-0.2, 0) is 23.1 Å². The molecule has 0 radical (unpaired) electrons. The molecule has 1 aromatic heterocycles. The summed E-state index contributed by atoms with van der Waals surface area (Å²) in [5.74, 6) is 0.637. The molecule has 0 atom stereocenters. The molecular weight excluding hydrogens is 208 g/mol. The first-order valence-corrected chi connectivity index (χ1v) is 5.38. The van der Waals surface area contributed by atoms with Crippen molar-refractivity contribution >= 4 is 5.97 Å². The van der Waals surface area contributed by atoms with Gasteiger partial charge in [-0.05, 0) is 13.5 Å². The molecule has 0 fully saturated rings. The minimum Gasteiger partial charge on any atom is -0.465 e. The molecule has 1 heterocycles. The summed E-state index contributed by atoms with van der Waals surface area (Å²) in [4.78, 5) is 17.4. The van der Waals surface area contributed by atoms with Gasteiger partial charge in [0.2, 0.25) is 0 Å². The summed E-state index contributed by atoms with van der Waals surface area (Å²) in [6.07, 6.45) is 1.51. The third-order valence-corrected chi connectivity index (χ3v) is 2.28. The summed E-state index contributed by atoms with van der Waals surface area (Å²) < 4.78 is 6.60. The maximum Gasteiger partial charge on any atom is 0.320 e. The number of carbonyl (C=O) groups excluding carboxylic acids is 1. The molecular formula is C10H18N4O2. The van der Waals surface area contributed by atoms with Crippen molar-refractivity contribution in [3.8, 4) is 0 Å². The van der Waals surface area contributed by atoms with E-state index in [4.69, 9.17) is 4.74 Å². The molecule has 0 saturated heterocycles. The number of esters is 1. The topological polar surface area (TPSA) is 60.2 Å². The Labute approximate surface area is 95.2 Å². The summed E-state index contributed by atoms with van der Waals surface area (Å²) >= 11 is 0. The molecule has 0 N–H and O–H groups in total. The summed E-state index contributed by atoms with van der Waals surface area (Å²) in [5, 5.41) is 3.98. The molecule has 90 valence electrons. The number of hydrogen-bond acceptors (Lipinski definition) is 5. The molecule has 0 bridgehead atoms. The number of likely N-dealkylation sites (N-methyl/N-ethyl adjacent to an activating group) is 1. The van der Waals surface area contributed by atoms with Gasteiger partial charge in [-0.3, -0.25) is 14.4 Å². The minimum absolute atomic E-state index is 0.202. The van der Waals surface area contributed by atoms with Gasteiger partial charge in [0.1, 0.15) is 12.2 Å². The van der Waals surface area contributed by atoms with E-state index in [1.165, 1.54) is 6.33 Å². The fourth-order valence-corrected chi connectivity index (χ4v) is 1.33. The van der Waals surface area contributed by atoms with E-state index in [9.17, 15) is 4.79 Å². The summed E-state index contributed by atoms with van der Waals surface area (Å²) in [7, 11) is 1.83. The molecule has 6 heteroatoms. The zero-order chi connectivity index (χ0) is 12.0. The number of aryl methyl sites for hydroxylation is 1. The number of hydrogen-bond donors (Lipinski definition) is 0. The van der Waals surface area contributed by atoms with Crippen LogP contribution in [0.5, 0.6) is 0 Å². The van der Waals surface area contributed by atoms with E-state index in [1.54, 1.807) is 11.6 Å². The van der Waals surface area contributed by atoms with E-state index < -0.39 is 0 Å². The molecule has 1 aromatic rings. The van der Waals surface area contributed by atoms with Crippen LogP contribution in [0.1, 0.15) is 19.7 Å². The highest BCUT2D eigenvalue weighted by Gasteiger charge is 2.12. The molecule has 6 nitrogen and oxygen atoms in total. The van der Waals surface area contributed by atoms with E-state index >= 15 is 0 Å². The highest BCUT2D eigenvalue weighted by Crippen LogP contribution is 1.99. The van der Waals surface area contributed by atoms with Crippen molar-refractivity contribution in [3.05, 3.63) is 12.2 Å². The Bertz CT molecular complexity index is 337.